The highest BCUT2D eigenvalue weighted by Crippen LogP contribution is 2.28. The number of ether oxygens (including phenoxy) is 2. The molecule has 0 radical (unpaired) electrons. The van der Waals surface area contributed by atoms with Crippen molar-refractivity contribution in [1.29, 1.82) is 0 Å². The van der Waals surface area contributed by atoms with E-state index in [0.29, 0.717) is 61.8 Å². The van der Waals surface area contributed by atoms with Gasteiger partial charge in [-0.05, 0) is 37.0 Å². The van der Waals surface area contributed by atoms with E-state index in [1.165, 1.54) is 0 Å². The van der Waals surface area contributed by atoms with Gasteiger partial charge in [-0.1, -0.05) is 25.4 Å². The number of halogens is 1. The molecule has 0 aromatic heterocycles. The molecule has 0 bridgehead atoms. The highest BCUT2D eigenvalue weighted by Gasteiger charge is 2.31. The molecule has 7 nitrogen and oxygen atoms in total. The van der Waals surface area contributed by atoms with Gasteiger partial charge in [-0.15, -0.1) is 0 Å². The number of carbonyl (C=O) groups excluding carboxylic acids is 2. The van der Waals surface area contributed by atoms with Gasteiger partial charge in [0.25, 0.3) is 5.91 Å². The van der Waals surface area contributed by atoms with Gasteiger partial charge in [0.1, 0.15) is 11.9 Å². The van der Waals surface area contributed by atoms with Crippen molar-refractivity contribution in [3.05, 3.63) is 23.2 Å². The molecule has 2 aliphatic heterocycles. The minimum Gasteiger partial charge on any atom is -0.492 e. The number of nitrogens with one attached hydrogen (secondary N) is 1. The highest BCUT2D eigenvalue weighted by atomic mass is 35.5. The number of carbonyl (C=O) groups is 2. The van der Waals surface area contributed by atoms with Crippen LogP contribution >= 0.6 is 11.6 Å². The lowest BCUT2D eigenvalue weighted by atomic mass is 10.2. The van der Waals surface area contributed by atoms with Crippen molar-refractivity contribution in [3.8, 4) is 5.75 Å². The first kappa shape index (κ1) is 20.7. The molecular formula is C20H28ClN3O4. The maximum atomic E-state index is 12.5. The minimum atomic E-state index is -0.307. The van der Waals surface area contributed by atoms with Crippen molar-refractivity contribution in [2.75, 3.05) is 44.7 Å². The van der Waals surface area contributed by atoms with Gasteiger partial charge in [0.05, 0.1) is 11.6 Å². The zero-order valence-corrected chi connectivity index (χ0v) is 17.2. The first-order valence-corrected chi connectivity index (χ1v) is 10.2. The molecular weight excluding hydrogens is 382 g/mol. The van der Waals surface area contributed by atoms with E-state index in [1.807, 2.05) is 0 Å². The molecule has 28 heavy (non-hydrogen) atoms. The largest absolute Gasteiger partial charge is 0.492 e. The number of anilines is 1. The summed E-state index contributed by atoms with van der Waals surface area (Å²) in [6.45, 7) is 7.40. The van der Waals surface area contributed by atoms with Gasteiger partial charge in [0, 0.05) is 38.5 Å². The smallest absolute Gasteiger partial charge is 0.321 e. The van der Waals surface area contributed by atoms with Crippen LogP contribution < -0.4 is 10.1 Å². The van der Waals surface area contributed by atoms with Gasteiger partial charge in [0.15, 0.2) is 0 Å². The molecule has 8 heteroatoms. The summed E-state index contributed by atoms with van der Waals surface area (Å²) in [5.74, 6) is 1.05. The molecule has 1 atom stereocenters. The third kappa shape index (κ3) is 5.29. The predicted molar refractivity (Wildman–Crippen MR) is 108 cm³/mol. The van der Waals surface area contributed by atoms with Crippen LogP contribution in [0.25, 0.3) is 0 Å². The van der Waals surface area contributed by atoms with Gasteiger partial charge < -0.3 is 24.6 Å². The summed E-state index contributed by atoms with van der Waals surface area (Å²) in [6.07, 6.45) is 1.42. The number of nitrogens with zero attached hydrogens (tertiary/aromatic N) is 2. The standard InChI is InChI=1S/C20H28ClN3O4/c1-14(2)13-28-17-6-5-15(12-16(17)21)22-20(26)24-9-7-23(8-10-24)19(25)18-4-3-11-27-18/h5-6,12,14,18H,3-4,7-11,13H2,1-2H3,(H,22,26)/t18-/m1/s1. The average molecular weight is 410 g/mol. The topological polar surface area (TPSA) is 71.1 Å². The minimum absolute atomic E-state index is 0.0429. The zero-order valence-electron chi connectivity index (χ0n) is 16.4. The first-order valence-electron chi connectivity index (χ1n) is 9.82. The Bertz CT molecular complexity index is 699. The molecule has 2 aliphatic rings. The lowest BCUT2D eigenvalue weighted by Gasteiger charge is -2.35. The van der Waals surface area contributed by atoms with Crippen LogP contribution in [-0.4, -0.2) is 67.2 Å². The summed E-state index contributed by atoms with van der Waals surface area (Å²) in [4.78, 5) is 28.4. The summed E-state index contributed by atoms with van der Waals surface area (Å²) in [5, 5.41) is 3.33. The Balaban J connectivity index is 1.49. The van der Waals surface area contributed by atoms with Crippen LogP contribution in [0.15, 0.2) is 18.2 Å². The van der Waals surface area contributed by atoms with Crippen LogP contribution in [-0.2, 0) is 9.53 Å². The van der Waals surface area contributed by atoms with E-state index in [2.05, 4.69) is 19.2 Å². The van der Waals surface area contributed by atoms with E-state index < -0.39 is 0 Å². The third-order valence-electron chi connectivity index (χ3n) is 4.84. The Hall–Kier alpha value is -1.99. The Kier molecular flexibility index (Phi) is 7.02. The normalized spacial score (nSPS) is 19.8. The van der Waals surface area contributed by atoms with Crippen molar-refractivity contribution in [2.45, 2.75) is 32.8 Å². The van der Waals surface area contributed by atoms with E-state index in [9.17, 15) is 9.59 Å². The van der Waals surface area contributed by atoms with Gasteiger partial charge in [0.2, 0.25) is 0 Å². The highest BCUT2D eigenvalue weighted by molar-refractivity contribution is 6.32. The lowest BCUT2D eigenvalue weighted by Crippen LogP contribution is -2.53. The summed E-state index contributed by atoms with van der Waals surface area (Å²) in [6, 6.07) is 5.03. The number of piperazine rings is 1. The maximum Gasteiger partial charge on any atom is 0.321 e. The van der Waals surface area contributed by atoms with Crippen LogP contribution in [0.4, 0.5) is 10.5 Å². The first-order chi connectivity index (χ1) is 13.4. The van der Waals surface area contributed by atoms with Crippen molar-refractivity contribution >= 4 is 29.2 Å². The fraction of sp³-hybridized carbons (Fsp3) is 0.600. The summed E-state index contributed by atoms with van der Waals surface area (Å²) in [7, 11) is 0. The van der Waals surface area contributed by atoms with Crippen molar-refractivity contribution in [3.63, 3.8) is 0 Å². The fourth-order valence-electron chi connectivity index (χ4n) is 3.26. The Morgan fingerprint density at radius 3 is 2.57 bits per heavy atom. The molecule has 1 aromatic carbocycles. The van der Waals surface area contributed by atoms with Crippen LogP contribution in [0.1, 0.15) is 26.7 Å². The Labute approximate surface area is 170 Å². The van der Waals surface area contributed by atoms with Crippen molar-refractivity contribution in [1.82, 2.24) is 9.80 Å². The van der Waals surface area contributed by atoms with Crippen LogP contribution in [0, 0.1) is 5.92 Å². The second-order valence-electron chi connectivity index (χ2n) is 7.59. The second kappa shape index (κ2) is 9.47. The van der Waals surface area contributed by atoms with E-state index in [-0.39, 0.29) is 18.0 Å². The van der Waals surface area contributed by atoms with E-state index >= 15 is 0 Å². The Morgan fingerprint density at radius 2 is 1.96 bits per heavy atom. The summed E-state index contributed by atoms with van der Waals surface area (Å²) in [5.41, 5.74) is 0.616. The molecule has 1 N–H and O–H groups in total. The number of amides is 3. The number of benzene rings is 1. The van der Waals surface area contributed by atoms with Gasteiger partial charge >= 0.3 is 6.03 Å². The van der Waals surface area contributed by atoms with E-state index in [1.54, 1.807) is 28.0 Å². The number of hydrogen-bond acceptors (Lipinski definition) is 4. The Morgan fingerprint density at radius 1 is 1.25 bits per heavy atom. The van der Waals surface area contributed by atoms with Crippen molar-refractivity contribution in [2.24, 2.45) is 5.92 Å². The molecule has 2 saturated heterocycles. The van der Waals surface area contributed by atoms with Gasteiger partial charge in [-0.3, -0.25) is 4.79 Å². The number of hydrogen-bond donors (Lipinski definition) is 1. The fourth-order valence-corrected chi connectivity index (χ4v) is 3.50. The lowest BCUT2D eigenvalue weighted by molar-refractivity contribution is -0.142. The van der Waals surface area contributed by atoms with Gasteiger partial charge in [-0.2, -0.15) is 0 Å². The summed E-state index contributed by atoms with van der Waals surface area (Å²) >= 11 is 6.25. The zero-order chi connectivity index (χ0) is 20.1. The predicted octanol–water partition coefficient (Wildman–Crippen LogP) is 3.23. The molecule has 0 aliphatic carbocycles. The van der Waals surface area contributed by atoms with E-state index in [4.69, 9.17) is 21.1 Å². The molecule has 0 spiro atoms. The summed E-state index contributed by atoms with van der Waals surface area (Å²) < 4.78 is 11.1. The molecule has 0 saturated carbocycles. The average Bonchev–Trinajstić information content (AvgIpc) is 3.21. The van der Waals surface area contributed by atoms with Crippen LogP contribution in [0.5, 0.6) is 5.75 Å². The van der Waals surface area contributed by atoms with Crippen molar-refractivity contribution < 1.29 is 19.1 Å². The van der Waals surface area contributed by atoms with Gasteiger partial charge in [-0.25, -0.2) is 4.79 Å². The molecule has 3 amide bonds. The molecule has 154 valence electrons. The molecule has 3 rings (SSSR count). The quantitative estimate of drug-likeness (QED) is 0.810. The van der Waals surface area contributed by atoms with Crippen LogP contribution in [0.3, 0.4) is 0 Å². The second-order valence-corrected chi connectivity index (χ2v) is 8.00. The molecule has 0 unspecified atom stereocenters. The number of urea groups is 1. The van der Waals surface area contributed by atoms with Crippen LogP contribution in [0.2, 0.25) is 5.02 Å². The maximum absolute atomic E-state index is 12.5. The SMILES string of the molecule is CC(C)COc1ccc(NC(=O)N2CCN(C(=O)[C@H]3CCCO3)CC2)cc1Cl. The number of rotatable bonds is 5. The molecule has 2 heterocycles. The van der Waals surface area contributed by atoms with E-state index in [0.717, 1.165) is 12.8 Å². The molecule has 1 aromatic rings. The monoisotopic (exact) mass is 409 g/mol. The third-order valence-corrected chi connectivity index (χ3v) is 5.13. The molecule has 2 fully saturated rings.